The maximum absolute atomic E-state index is 11.0. The lowest BCUT2D eigenvalue weighted by molar-refractivity contribution is 0.102. The topological polar surface area (TPSA) is 104 Å². The number of carboxylic acid groups (broad SMARTS) is 1. The normalized spacial score (nSPS) is 22.5. The Morgan fingerprint density at radius 3 is 3.05 bits per heavy atom. The van der Waals surface area contributed by atoms with Crippen molar-refractivity contribution in [2.75, 3.05) is 13.7 Å². The number of carbonyl (C=O) groups is 1. The fourth-order valence-corrected chi connectivity index (χ4v) is 2.81. The van der Waals surface area contributed by atoms with Crippen LogP contribution in [0.5, 0.6) is 5.75 Å². The summed E-state index contributed by atoms with van der Waals surface area (Å²) in [6.45, 7) is 0.432. The monoisotopic (exact) mass is 290 g/mol. The van der Waals surface area contributed by atoms with Gasteiger partial charge in [-0.15, -0.1) is 0 Å². The number of methoxy groups -OCH3 is 1. The van der Waals surface area contributed by atoms with Crippen molar-refractivity contribution in [3.05, 3.63) is 24.0 Å². The average molecular weight is 290 g/mol. The summed E-state index contributed by atoms with van der Waals surface area (Å²) >= 11 is 0. The second-order valence-corrected chi connectivity index (χ2v) is 5.27. The molecule has 0 radical (unpaired) electrons. The molecule has 0 spiro atoms. The number of hydrogen-bond acceptors (Lipinski definition) is 4. The first kappa shape index (κ1) is 13.7. The largest absolute Gasteiger partial charge is 0.497 e. The number of nitrogens with one attached hydrogen (secondary N) is 1. The summed E-state index contributed by atoms with van der Waals surface area (Å²) in [5, 5.41) is 9.05. The number of fused-ring (bicyclic) bond motifs is 1. The molecule has 1 fully saturated rings. The maximum Gasteiger partial charge on any atom is 0.408 e. The zero-order valence-corrected chi connectivity index (χ0v) is 11.7. The molecule has 1 aromatic heterocycles. The minimum Gasteiger partial charge on any atom is -0.497 e. The van der Waals surface area contributed by atoms with Gasteiger partial charge in [0, 0.05) is 18.5 Å². The Labute approximate surface area is 121 Å². The van der Waals surface area contributed by atoms with Crippen LogP contribution in [0.2, 0.25) is 0 Å². The van der Waals surface area contributed by atoms with E-state index in [-0.39, 0.29) is 5.92 Å². The van der Waals surface area contributed by atoms with Gasteiger partial charge in [-0.2, -0.15) is 0 Å². The molecule has 1 aromatic carbocycles. The Morgan fingerprint density at radius 1 is 1.57 bits per heavy atom. The zero-order chi connectivity index (χ0) is 15.0. The van der Waals surface area contributed by atoms with Crippen LogP contribution in [-0.2, 0) is 0 Å². The number of hydrogen-bond donors (Lipinski definition) is 3. The molecule has 7 heteroatoms. The first-order valence-corrected chi connectivity index (χ1v) is 6.87. The van der Waals surface area contributed by atoms with Crippen LogP contribution in [-0.4, -0.2) is 45.9 Å². The van der Waals surface area contributed by atoms with Crippen molar-refractivity contribution in [2.24, 2.45) is 5.73 Å². The molecule has 1 aliphatic heterocycles. The molecule has 2 aromatic rings. The molecule has 2 atom stereocenters. The molecule has 7 nitrogen and oxygen atoms in total. The number of amides is 1. The van der Waals surface area contributed by atoms with Gasteiger partial charge in [0.05, 0.1) is 24.3 Å². The summed E-state index contributed by atoms with van der Waals surface area (Å²) in [5.74, 6) is 1.78. The highest BCUT2D eigenvalue weighted by atomic mass is 16.5. The zero-order valence-electron chi connectivity index (χ0n) is 11.7. The Kier molecular flexibility index (Phi) is 3.42. The van der Waals surface area contributed by atoms with Crippen LogP contribution in [0, 0.1) is 0 Å². The highest BCUT2D eigenvalue weighted by Crippen LogP contribution is 2.30. The number of piperidine rings is 1. The Balaban J connectivity index is 1.83. The molecule has 2 unspecified atom stereocenters. The minimum atomic E-state index is -0.963. The van der Waals surface area contributed by atoms with Gasteiger partial charge in [-0.05, 0) is 25.0 Å². The van der Waals surface area contributed by atoms with E-state index < -0.39 is 12.3 Å². The van der Waals surface area contributed by atoms with Crippen molar-refractivity contribution in [2.45, 2.75) is 24.9 Å². The molecule has 0 bridgehead atoms. The van der Waals surface area contributed by atoms with Crippen molar-refractivity contribution in [3.63, 3.8) is 0 Å². The summed E-state index contributed by atoms with van der Waals surface area (Å²) in [7, 11) is 1.62. The van der Waals surface area contributed by atoms with Crippen molar-refractivity contribution >= 4 is 17.1 Å². The molecule has 1 saturated heterocycles. The lowest BCUT2D eigenvalue weighted by Gasteiger charge is -2.34. The first-order valence-electron chi connectivity index (χ1n) is 6.87. The van der Waals surface area contributed by atoms with Crippen molar-refractivity contribution < 1.29 is 14.6 Å². The van der Waals surface area contributed by atoms with E-state index in [2.05, 4.69) is 9.97 Å². The summed E-state index contributed by atoms with van der Waals surface area (Å²) in [6.07, 6.45) is -0.153. The van der Waals surface area contributed by atoms with Gasteiger partial charge >= 0.3 is 6.09 Å². The van der Waals surface area contributed by atoms with Crippen LogP contribution < -0.4 is 10.5 Å². The first-order chi connectivity index (χ1) is 10.1. The minimum absolute atomic E-state index is 0.147. The van der Waals surface area contributed by atoms with E-state index in [0.717, 1.165) is 29.0 Å². The van der Waals surface area contributed by atoms with E-state index >= 15 is 0 Å². The number of nitrogens with two attached hydrogens (primary N) is 1. The molecule has 1 amide bonds. The predicted molar refractivity (Wildman–Crippen MR) is 77.3 cm³/mol. The molecule has 4 N–H and O–H groups in total. The average Bonchev–Trinajstić information content (AvgIpc) is 2.89. The maximum atomic E-state index is 11.0. The molecule has 1 aliphatic rings. The number of ether oxygens (including phenoxy) is 1. The third-order valence-electron chi connectivity index (χ3n) is 3.98. The number of aromatic nitrogens is 2. The molecular weight excluding hydrogens is 272 g/mol. The number of nitrogens with zero attached hydrogens (tertiary/aromatic N) is 2. The van der Waals surface area contributed by atoms with Crippen molar-refractivity contribution in [1.29, 1.82) is 0 Å². The van der Waals surface area contributed by atoms with Gasteiger partial charge < -0.3 is 20.6 Å². The smallest absolute Gasteiger partial charge is 0.408 e. The number of aromatic amines is 1. The van der Waals surface area contributed by atoms with Crippen LogP contribution in [0.1, 0.15) is 24.6 Å². The molecule has 21 heavy (non-hydrogen) atoms. The molecule has 112 valence electrons. The van der Waals surface area contributed by atoms with Crippen molar-refractivity contribution in [3.8, 4) is 5.75 Å². The van der Waals surface area contributed by atoms with E-state index in [1.165, 1.54) is 4.90 Å². The molecule has 0 saturated carbocycles. The van der Waals surface area contributed by atoms with Crippen LogP contribution in [0.3, 0.4) is 0 Å². The van der Waals surface area contributed by atoms with Gasteiger partial charge in [0.15, 0.2) is 0 Å². The lowest BCUT2D eigenvalue weighted by atomic mass is 9.94. The van der Waals surface area contributed by atoms with E-state index in [9.17, 15) is 4.79 Å². The number of imidazole rings is 1. The lowest BCUT2D eigenvalue weighted by Crippen LogP contribution is -2.50. The van der Waals surface area contributed by atoms with Gasteiger partial charge in [0.2, 0.25) is 0 Å². The number of H-pyrrole nitrogens is 1. The molecule has 3 rings (SSSR count). The van der Waals surface area contributed by atoms with Gasteiger partial charge in [-0.1, -0.05) is 0 Å². The van der Waals surface area contributed by atoms with Crippen LogP contribution >= 0.6 is 0 Å². The molecular formula is C14H18N4O3. The fourth-order valence-electron chi connectivity index (χ4n) is 2.81. The predicted octanol–water partition coefficient (Wildman–Crippen LogP) is 1.71. The van der Waals surface area contributed by atoms with Crippen LogP contribution in [0.15, 0.2) is 18.2 Å². The van der Waals surface area contributed by atoms with Crippen molar-refractivity contribution in [1.82, 2.24) is 14.9 Å². The SMILES string of the molecule is COc1ccc2nc(C3CCN(C(=O)O)C(N)C3)[nH]c2c1. The highest BCUT2D eigenvalue weighted by molar-refractivity contribution is 5.77. The van der Waals surface area contributed by atoms with E-state index in [0.29, 0.717) is 13.0 Å². The second-order valence-electron chi connectivity index (χ2n) is 5.27. The summed E-state index contributed by atoms with van der Waals surface area (Å²) < 4.78 is 5.19. The third-order valence-corrected chi connectivity index (χ3v) is 3.98. The molecule has 2 heterocycles. The Morgan fingerprint density at radius 2 is 2.38 bits per heavy atom. The van der Waals surface area contributed by atoms with Crippen LogP contribution in [0.25, 0.3) is 11.0 Å². The number of rotatable bonds is 2. The van der Waals surface area contributed by atoms with E-state index in [1.807, 2.05) is 18.2 Å². The summed E-state index contributed by atoms with van der Waals surface area (Å²) in [6, 6.07) is 5.67. The second kappa shape index (κ2) is 5.25. The fraction of sp³-hybridized carbons (Fsp3) is 0.429. The molecule has 0 aliphatic carbocycles. The number of benzene rings is 1. The van der Waals surface area contributed by atoms with Gasteiger partial charge in [-0.25, -0.2) is 9.78 Å². The Bertz CT molecular complexity index is 669. The standard InChI is InChI=1S/C14H18N4O3/c1-21-9-2-3-10-11(7-9)17-13(16-10)8-4-5-18(14(19)20)12(15)6-8/h2-3,7-8,12H,4-6,15H2,1H3,(H,16,17)(H,19,20). The summed E-state index contributed by atoms with van der Waals surface area (Å²) in [5.41, 5.74) is 7.72. The van der Waals surface area contributed by atoms with E-state index in [1.54, 1.807) is 7.11 Å². The van der Waals surface area contributed by atoms with E-state index in [4.69, 9.17) is 15.6 Å². The van der Waals surface area contributed by atoms with Gasteiger partial charge in [0.1, 0.15) is 11.6 Å². The van der Waals surface area contributed by atoms with Crippen LogP contribution in [0.4, 0.5) is 4.79 Å². The summed E-state index contributed by atoms with van der Waals surface area (Å²) in [4.78, 5) is 20.2. The highest BCUT2D eigenvalue weighted by Gasteiger charge is 2.31. The quantitative estimate of drug-likeness (QED) is 0.781. The number of likely N-dealkylation sites (tertiary alicyclic amines) is 1. The van der Waals surface area contributed by atoms with Gasteiger partial charge in [0.25, 0.3) is 0 Å². The third kappa shape index (κ3) is 2.52. The Hall–Kier alpha value is -2.28. The van der Waals surface area contributed by atoms with Gasteiger partial charge in [-0.3, -0.25) is 4.90 Å².